The van der Waals surface area contributed by atoms with Crippen molar-refractivity contribution in [2.45, 2.75) is 63.4 Å². The van der Waals surface area contributed by atoms with Gasteiger partial charge in [0.2, 0.25) is 0 Å². The summed E-state index contributed by atoms with van der Waals surface area (Å²) in [5, 5.41) is 20.4. The predicted octanol–water partition coefficient (Wildman–Crippen LogP) is 2.19. The molecule has 0 amide bonds. The summed E-state index contributed by atoms with van der Waals surface area (Å²) in [7, 11) is 0. The van der Waals surface area contributed by atoms with Crippen molar-refractivity contribution in [3.05, 3.63) is 24.3 Å². The molecular formula is C15H24O3. The summed E-state index contributed by atoms with van der Waals surface area (Å²) >= 11 is 0. The van der Waals surface area contributed by atoms with E-state index in [0.29, 0.717) is 12.8 Å². The van der Waals surface area contributed by atoms with E-state index in [1.54, 1.807) is 0 Å². The molecule has 2 N–H and O–H groups in total. The van der Waals surface area contributed by atoms with E-state index in [1.807, 2.05) is 13.8 Å². The molecule has 0 aromatic carbocycles. The third-order valence-corrected chi connectivity index (χ3v) is 4.55. The molecule has 1 aliphatic heterocycles. The van der Waals surface area contributed by atoms with E-state index in [0.717, 1.165) is 24.0 Å². The molecule has 102 valence electrons. The van der Waals surface area contributed by atoms with Crippen LogP contribution in [0, 0.1) is 5.92 Å². The SMILES string of the molecule is C=C(C)[C@H]1C[C@@H](O)C(=C)CC[C@H]2O[C@@]2(C)[C@@H](O)C1. The van der Waals surface area contributed by atoms with Crippen LogP contribution in [-0.4, -0.2) is 34.1 Å². The molecule has 18 heavy (non-hydrogen) atoms. The lowest BCUT2D eigenvalue weighted by Gasteiger charge is -2.27. The number of aliphatic hydroxyl groups excluding tert-OH is 2. The highest BCUT2D eigenvalue weighted by atomic mass is 16.6. The van der Waals surface area contributed by atoms with Crippen LogP contribution in [-0.2, 0) is 4.74 Å². The van der Waals surface area contributed by atoms with E-state index in [-0.39, 0.29) is 12.0 Å². The van der Waals surface area contributed by atoms with Crippen molar-refractivity contribution in [3.63, 3.8) is 0 Å². The number of hydrogen-bond donors (Lipinski definition) is 2. The first kappa shape index (κ1) is 13.8. The van der Waals surface area contributed by atoms with Crippen LogP contribution in [0.25, 0.3) is 0 Å². The first-order chi connectivity index (χ1) is 8.34. The van der Waals surface area contributed by atoms with Crippen LogP contribution in [0.3, 0.4) is 0 Å². The van der Waals surface area contributed by atoms with Gasteiger partial charge in [0.15, 0.2) is 0 Å². The maximum Gasteiger partial charge on any atom is 0.118 e. The average Bonchev–Trinajstić information content (AvgIpc) is 2.96. The van der Waals surface area contributed by atoms with Gasteiger partial charge in [0.1, 0.15) is 5.60 Å². The van der Waals surface area contributed by atoms with E-state index in [4.69, 9.17) is 4.74 Å². The Morgan fingerprint density at radius 1 is 1.39 bits per heavy atom. The van der Waals surface area contributed by atoms with Gasteiger partial charge in [0.25, 0.3) is 0 Å². The van der Waals surface area contributed by atoms with Crippen LogP contribution in [0.5, 0.6) is 0 Å². The van der Waals surface area contributed by atoms with Crippen LogP contribution < -0.4 is 0 Å². The maximum atomic E-state index is 10.3. The largest absolute Gasteiger partial charge is 0.390 e. The lowest BCUT2D eigenvalue weighted by molar-refractivity contribution is 0.0594. The number of ether oxygens (including phenoxy) is 1. The molecule has 0 unspecified atom stereocenters. The number of fused-ring (bicyclic) bond motifs is 1. The molecule has 1 saturated carbocycles. The van der Waals surface area contributed by atoms with Crippen molar-refractivity contribution in [2.24, 2.45) is 5.92 Å². The number of epoxide rings is 1. The van der Waals surface area contributed by atoms with E-state index in [9.17, 15) is 10.2 Å². The van der Waals surface area contributed by atoms with Crippen LogP contribution >= 0.6 is 0 Å². The zero-order valence-electron chi connectivity index (χ0n) is 11.4. The zero-order chi connectivity index (χ0) is 13.5. The molecule has 1 aliphatic carbocycles. The molecule has 2 rings (SSSR count). The van der Waals surface area contributed by atoms with Gasteiger partial charge in [-0.1, -0.05) is 18.7 Å². The maximum absolute atomic E-state index is 10.3. The Morgan fingerprint density at radius 3 is 2.67 bits per heavy atom. The fraction of sp³-hybridized carbons (Fsp3) is 0.733. The van der Waals surface area contributed by atoms with Gasteiger partial charge in [-0.3, -0.25) is 0 Å². The van der Waals surface area contributed by atoms with Gasteiger partial charge >= 0.3 is 0 Å². The van der Waals surface area contributed by atoms with E-state index in [2.05, 4.69) is 13.2 Å². The summed E-state index contributed by atoms with van der Waals surface area (Å²) in [5.41, 5.74) is 1.47. The van der Waals surface area contributed by atoms with Crippen LogP contribution in [0.4, 0.5) is 0 Å². The van der Waals surface area contributed by atoms with Crippen molar-refractivity contribution in [1.82, 2.24) is 0 Å². The zero-order valence-corrected chi connectivity index (χ0v) is 11.4. The molecule has 3 heteroatoms. The highest BCUT2D eigenvalue weighted by Gasteiger charge is 2.57. The molecule has 1 heterocycles. The fourth-order valence-corrected chi connectivity index (χ4v) is 2.83. The molecule has 0 radical (unpaired) electrons. The Morgan fingerprint density at radius 2 is 2.06 bits per heavy atom. The quantitative estimate of drug-likeness (QED) is 0.555. The topological polar surface area (TPSA) is 53.0 Å². The van der Waals surface area contributed by atoms with Gasteiger partial charge in [-0.2, -0.15) is 0 Å². The first-order valence-corrected chi connectivity index (χ1v) is 6.71. The third-order valence-electron chi connectivity index (χ3n) is 4.55. The molecule has 0 aromatic rings. The minimum absolute atomic E-state index is 0.0975. The molecule has 5 atom stereocenters. The molecule has 3 nitrogen and oxygen atoms in total. The summed E-state index contributed by atoms with van der Waals surface area (Å²) in [5.74, 6) is 0.117. The van der Waals surface area contributed by atoms with Crippen molar-refractivity contribution >= 4 is 0 Å². The van der Waals surface area contributed by atoms with Gasteiger partial charge in [-0.15, -0.1) is 0 Å². The normalized spacial score (nSPS) is 45.2. The summed E-state index contributed by atoms with van der Waals surface area (Å²) in [6.45, 7) is 11.8. The second-order valence-electron chi connectivity index (χ2n) is 6.03. The van der Waals surface area contributed by atoms with Crippen LogP contribution in [0.2, 0.25) is 0 Å². The molecule has 1 saturated heterocycles. The van der Waals surface area contributed by atoms with Crippen molar-refractivity contribution in [2.75, 3.05) is 0 Å². The molecular weight excluding hydrogens is 228 g/mol. The lowest BCUT2D eigenvalue weighted by Crippen LogP contribution is -2.33. The van der Waals surface area contributed by atoms with Crippen molar-refractivity contribution in [1.29, 1.82) is 0 Å². The Balaban J connectivity index is 2.15. The van der Waals surface area contributed by atoms with Gasteiger partial charge in [-0.05, 0) is 51.0 Å². The summed E-state index contributed by atoms with van der Waals surface area (Å²) in [4.78, 5) is 0. The molecule has 0 bridgehead atoms. The second kappa shape index (κ2) is 4.80. The number of hydrogen-bond acceptors (Lipinski definition) is 3. The van der Waals surface area contributed by atoms with Crippen molar-refractivity contribution < 1.29 is 14.9 Å². The van der Waals surface area contributed by atoms with Gasteiger partial charge in [0.05, 0.1) is 18.3 Å². The first-order valence-electron chi connectivity index (χ1n) is 6.71. The highest BCUT2D eigenvalue weighted by Crippen LogP contribution is 2.46. The Kier molecular flexibility index (Phi) is 3.67. The monoisotopic (exact) mass is 252 g/mol. The smallest absolute Gasteiger partial charge is 0.118 e. The highest BCUT2D eigenvalue weighted by molar-refractivity contribution is 5.13. The minimum atomic E-state index is -0.498. The minimum Gasteiger partial charge on any atom is -0.390 e. The van der Waals surface area contributed by atoms with Crippen molar-refractivity contribution in [3.8, 4) is 0 Å². The third kappa shape index (κ3) is 2.53. The second-order valence-corrected chi connectivity index (χ2v) is 6.03. The van der Waals surface area contributed by atoms with Crippen LogP contribution in [0.15, 0.2) is 24.3 Å². The number of allylic oxidation sites excluding steroid dienone is 1. The molecule has 0 spiro atoms. The molecule has 2 fully saturated rings. The summed E-state index contributed by atoms with van der Waals surface area (Å²) in [6.07, 6.45) is 1.92. The van der Waals surface area contributed by atoms with Crippen LogP contribution in [0.1, 0.15) is 39.5 Å². The van der Waals surface area contributed by atoms with E-state index < -0.39 is 17.8 Å². The molecule has 2 aliphatic rings. The summed E-state index contributed by atoms with van der Waals surface area (Å²) < 4.78 is 5.66. The van der Waals surface area contributed by atoms with Gasteiger partial charge in [0, 0.05) is 0 Å². The van der Waals surface area contributed by atoms with Gasteiger partial charge in [-0.25, -0.2) is 0 Å². The molecule has 0 aromatic heterocycles. The average molecular weight is 252 g/mol. The Bertz CT molecular complexity index is 363. The fourth-order valence-electron chi connectivity index (χ4n) is 2.83. The predicted molar refractivity (Wildman–Crippen MR) is 71.2 cm³/mol. The summed E-state index contributed by atoms with van der Waals surface area (Å²) in [6, 6.07) is 0. The van der Waals surface area contributed by atoms with Gasteiger partial charge < -0.3 is 14.9 Å². The van der Waals surface area contributed by atoms with E-state index >= 15 is 0 Å². The number of aliphatic hydroxyl groups is 2. The Labute approximate surface area is 109 Å². The Hall–Kier alpha value is -0.640. The van der Waals surface area contributed by atoms with E-state index in [1.165, 1.54) is 0 Å². The number of rotatable bonds is 1. The standard InChI is InChI=1S/C15H24O3/c1-9(2)11-7-12(16)10(3)5-6-14-15(4,18-14)13(17)8-11/h11-14,16-17H,1,3,5-8H2,2,4H3/t11-,12+,13-,14+,15-/m0/s1. The lowest BCUT2D eigenvalue weighted by atomic mass is 9.81.